The second-order valence-corrected chi connectivity index (χ2v) is 7.04. The van der Waals surface area contributed by atoms with Crippen LogP contribution in [0.3, 0.4) is 0 Å². The zero-order valence-corrected chi connectivity index (χ0v) is 16.6. The molecule has 0 aliphatic heterocycles. The van der Waals surface area contributed by atoms with E-state index in [0.29, 0.717) is 17.2 Å². The molecule has 2 N–H and O–H groups in total. The summed E-state index contributed by atoms with van der Waals surface area (Å²) >= 11 is 0. The van der Waals surface area contributed by atoms with Gasteiger partial charge in [-0.1, -0.05) is 42.5 Å². The molecular weight excluding hydrogens is 397 g/mol. The van der Waals surface area contributed by atoms with Crippen molar-refractivity contribution < 1.29 is 18.4 Å². The first-order valence-electron chi connectivity index (χ1n) is 9.83. The number of aryl methyl sites for hydroxylation is 1. The third-order valence-electron chi connectivity index (χ3n) is 4.82. The molecular formula is C24H20FN3O3. The summed E-state index contributed by atoms with van der Waals surface area (Å²) in [5.41, 5.74) is 6.45. The Morgan fingerprint density at radius 3 is 2.48 bits per heavy atom. The topological polar surface area (TPSA) is 84.2 Å². The molecule has 31 heavy (non-hydrogen) atoms. The maximum atomic E-state index is 13.0. The second-order valence-electron chi connectivity index (χ2n) is 7.04. The Kier molecular flexibility index (Phi) is 6.03. The van der Waals surface area contributed by atoms with E-state index in [1.165, 1.54) is 18.3 Å². The van der Waals surface area contributed by atoms with Crippen LogP contribution >= 0.6 is 0 Å². The highest BCUT2D eigenvalue weighted by molar-refractivity contribution is 5.90. The van der Waals surface area contributed by atoms with Gasteiger partial charge in [0.1, 0.15) is 5.82 Å². The Morgan fingerprint density at radius 1 is 0.903 bits per heavy atom. The Balaban J connectivity index is 1.26. The maximum Gasteiger partial charge on any atom is 0.242 e. The number of carbonyl (C=O) groups excluding carboxylic acids is 2. The molecule has 3 aromatic carbocycles. The van der Waals surface area contributed by atoms with Gasteiger partial charge in [0, 0.05) is 18.4 Å². The number of nitrogens with one attached hydrogen (secondary N) is 2. The summed E-state index contributed by atoms with van der Waals surface area (Å²) in [6.07, 6.45) is 2.05. The smallest absolute Gasteiger partial charge is 0.242 e. The molecule has 4 rings (SSSR count). The van der Waals surface area contributed by atoms with E-state index in [4.69, 9.17) is 4.42 Å². The maximum absolute atomic E-state index is 13.0. The molecule has 0 bridgehead atoms. The number of fused-ring (bicyclic) bond motifs is 1. The molecule has 1 aromatic heterocycles. The fraction of sp³-hybridized carbons (Fsp3) is 0.125. The van der Waals surface area contributed by atoms with Crippen LogP contribution in [0.25, 0.3) is 22.1 Å². The van der Waals surface area contributed by atoms with E-state index in [0.717, 1.165) is 16.3 Å². The molecule has 2 amide bonds. The van der Waals surface area contributed by atoms with Crippen molar-refractivity contribution in [2.75, 3.05) is 0 Å². The summed E-state index contributed by atoms with van der Waals surface area (Å²) in [4.78, 5) is 28.4. The minimum Gasteiger partial charge on any atom is -0.441 e. The third kappa shape index (κ3) is 5.14. The molecule has 1 heterocycles. The number of hydrogen-bond acceptors (Lipinski definition) is 4. The number of halogens is 1. The molecule has 0 atom stereocenters. The Labute approximate surface area is 178 Å². The zero-order valence-electron chi connectivity index (χ0n) is 16.6. The molecule has 4 aromatic rings. The van der Waals surface area contributed by atoms with Crippen LogP contribution < -0.4 is 10.9 Å². The summed E-state index contributed by atoms with van der Waals surface area (Å²) in [6.45, 7) is 0. The molecule has 0 spiro atoms. The number of aromatic nitrogens is 1. The number of carbonyl (C=O) groups is 2. The van der Waals surface area contributed by atoms with Gasteiger partial charge in [-0.2, -0.15) is 0 Å². The van der Waals surface area contributed by atoms with Gasteiger partial charge < -0.3 is 4.42 Å². The van der Waals surface area contributed by atoms with Crippen LogP contribution in [0.1, 0.15) is 17.9 Å². The molecule has 6 nitrogen and oxygen atoms in total. The van der Waals surface area contributed by atoms with Gasteiger partial charge in [0.15, 0.2) is 11.7 Å². The van der Waals surface area contributed by atoms with Crippen molar-refractivity contribution in [2.24, 2.45) is 0 Å². The van der Waals surface area contributed by atoms with Crippen molar-refractivity contribution >= 4 is 22.6 Å². The van der Waals surface area contributed by atoms with E-state index in [9.17, 15) is 14.0 Å². The van der Waals surface area contributed by atoms with Gasteiger partial charge in [0.25, 0.3) is 0 Å². The van der Waals surface area contributed by atoms with Crippen molar-refractivity contribution in [2.45, 2.75) is 19.3 Å². The fourth-order valence-corrected chi connectivity index (χ4v) is 3.26. The van der Waals surface area contributed by atoms with E-state index in [1.807, 2.05) is 42.5 Å². The van der Waals surface area contributed by atoms with Crippen LogP contribution in [-0.2, 0) is 22.4 Å². The van der Waals surface area contributed by atoms with Gasteiger partial charge in [-0.05, 0) is 40.6 Å². The van der Waals surface area contributed by atoms with E-state index >= 15 is 0 Å². The average Bonchev–Trinajstić information content (AvgIpc) is 3.26. The van der Waals surface area contributed by atoms with Crippen LogP contribution in [0, 0.1) is 5.82 Å². The van der Waals surface area contributed by atoms with E-state index in [2.05, 4.69) is 15.8 Å². The summed E-state index contributed by atoms with van der Waals surface area (Å²) in [5, 5.41) is 2.06. The predicted octanol–water partition coefficient (Wildman–Crippen LogP) is 3.96. The van der Waals surface area contributed by atoms with Crippen molar-refractivity contribution in [3.63, 3.8) is 0 Å². The lowest BCUT2D eigenvalue weighted by atomic mass is 10.0. The number of nitrogens with zero attached hydrogens (tertiary/aromatic N) is 1. The highest BCUT2D eigenvalue weighted by atomic mass is 19.1. The number of amides is 2. The van der Waals surface area contributed by atoms with Gasteiger partial charge >= 0.3 is 0 Å². The number of oxazole rings is 1. The number of rotatable bonds is 6. The molecule has 0 saturated carbocycles. The van der Waals surface area contributed by atoms with E-state index in [1.54, 1.807) is 12.1 Å². The van der Waals surface area contributed by atoms with E-state index in [-0.39, 0.29) is 36.9 Å². The molecule has 156 valence electrons. The van der Waals surface area contributed by atoms with Crippen molar-refractivity contribution in [3.8, 4) is 11.3 Å². The Hall–Kier alpha value is -4.00. The Bertz CT molecular complexity index is 1210. The van der Waals surface area contributed by atoms with E-state index < -0.39 is 0 Å². The Morgan fingerprint density at radius 2 is 1.65 bits per heavy atom. The van der Waals surface area contributed by atoms with Crippen molar-refractivity contribution in [1.29, 1.82) is 0 Å². The molecule has 7 heteroatoms. The predicted molar refractivity (Wildman–Crippen MR) is 114 cm³/mol. The van der Waals surface area contributed by atoms with Crippen LogP contribution in [0.4, 0.5) is 4.39 Å². The van der Waals surface area contributed by atoms with Gasteiger partial charge in [0.2, 0.25) is 11.8 Å². The van der Waals surface area contributed by atoms with Crippen molar-refractivity contribution in [1.82, 2.24) is 15.8 Å². The van der Waals surface area contributed by atoms with Gasteiger partial charge in [-0.3, -0.25) is 20.4 Å². The quantitative estimate of drug-likeness (QED) is 0.465. The molecule has 0 radical (unpaired) electrons. The SMILES string of the molecule is O=C(CCc1ncc(-c2ccc(F)cc2)o1)NNC(=O)Cc1cccc2ccccc12. The van der Waals surface area contributed by atoms with Crippen LogP contribution in [0.15, 0.2) is 77.3 Å². The fourth-order valence-electron chi connectivity index (χ4n) is 3.26. The van der Waals surface area contributed by atoms with Crippen LogP contribution in [0.5, 0.6) is 0 Å². The number of benzene rings is 3. The van der Waals surface area contributed by atoms with Crippen LogP contribution in [-0.4, -0.2) is 16.8 Å². The standard InChI is InChI=1S/C24H20FN3O3/c25-19-10-8-17(9-11-19)21-15-26-24(31-21)13-12-22(29)27-28-23(30)14-18-6-3-5-16-4-1-2-7-20(16)18/h1-11,15H,12-14H2,(H,27,29)(H,28,30). The molecule has 0 unspecified atom stereocenters. The third-order valence-corrected chi connectivity index (χ3v) is 4.82. The summed E-state index contributed by atoms with van der Waals surface area (Å²) in [5.74, 6) is -0.106. The first-order chi connectivity index (χ1) is 15.1. The lowest BCUT2D eigenvalue weighted by Gasteiger charge is -2.09. The monoisotopic (exact) mass is 417 g/mol. The van der Waals surface area contributed by atoms with Crippen molar-refractivity contribution in [3.05, 3.63) is 90.2 Å². The largest absolute Gasteiger partial charge is 0.441 e. The molecule has 0 fully saturated rings. The van der Waals surface area contributed by atoms with Crippen LogP contribution in [0.2, 0.25) is 0 Å². The first kappa shape index (κ1) is 20.3. The highest BCUT2D eigenvalue weighted by Crippen LogP contribution is 2.21. The second kappa shape index (κ2) is 9.21. The first-order valence-corrected chi connectivity index (χ1v) is 9.83. The van der Waals surface area contributed by atoms with Gasteiger partial charge in [-0.15, -0.1) is 0 Å². The summed E-state index contributed by atoms with van der Waals surface area (Å²) < 4.78 is 18.6. The van der Waals surface area contributed by atoms with Gasteiger partial charge in [-0.25, -0.2) is 9.37 Å². The molecule has 0 saturated heterocycles. The number of hydrazine groups is 1. The average molecular weight is 417 g/mol. The van der Waals surface area contributed by atoms with Gasteiger partial charge in [0.05, 0.1) is 12.6 Å². The lowest BCUT2D eigenvalue weighted by molar-refractivity contribution is -0.128. The minimum atomic E-state index is -0.354. The normalized spacial score (nSPS) is 10.7. The summed E-state index contributed by atoms with van der Waals surface area (Å²) in [7, 11) is 0. The zero-order chi connectivity index (χ0) is 21.6. The molecule has 0 aliphatic rings. The minimum absolute atomic E-state index is 0.0952. The highest BCUT2D eigenvalue weighted by Gasteiger charge is 2.11. The lowest BCUT2D eigenvalue weighted by Crippen LogP contribution is -2.42. The summed E-state index contributed by atoms with van der Waals surface area (Å²) in [6, 6.07) is 19.5. The number of hydrogen-bond donors (Lipinski definition) is 2. The molecule has 0 aliphatic carbocycles.